The van der Waals surface area contributed by atoms with Gasteiger partial charge in [0.05, 0.1) is 24.7 Å². The minimum Gasteiger partial charge on any atom is -0.302 e. The fraction of sp³-hybridized carbons (Fsp3) is 0.0741. The van der Waals surface area contributed by atoms with Crippen molar-refractivity contribution in [1.82, 2.24) is 15.8 Å². The van der Waals surface area contributed by atoms with Crippen LogP contribution in [0.5, 0.6) is 0 Å². The molecule has 0 bridgehead atoms. The van der Waals surface area contributed by atoms with E-state index in [1.807, 2.05) is 60.7 Å². The van der Waals surface area contributed by atoms with Gasteiger partial charge in [0.25, 0.3) is 5.91 Å². The average molecular weight is 460 g/mol. The molecule has 1 unspecified atom stereocenters. The molecule has 2 heterocycles. The Kier molecular flexibility index (Phi) is 5.03. The van der Waals surface area contributed by atoms with E-state index in [1.165, 1.54) is 0 Å². The Balaban J connectivity index is 1.23. The zero-order valence-electron chi connectivity index (χ0n) is 18.6. The number of carbonyl (C=O) groups is 2. The smallest absolute Gasteiger partial charge is 0.263 e. The molecule has 4 aromatic rings. The summed E-state index contributed by atoms with van der Waals surface area (Å²) in [5.74, 6) is -0.211. The summed E-state index contributed by atoms with van der Waals surface area (Å²) in [5.41, 5.74) is 7.58. The maximum Gasteiger partial charge on any atom is 0.263 e. The Morgan fingerprint density at radius 1 is 1.00 bits per heavy atom. The lowest BCUT2D eigenvalue weighted by molar-refractivity contribution is -0.130. The number of fused-ring (bicyclic) bond motifs is 5. The quantitative estimate of drug-likeness (QED) is 0.276. The van der Waals surface area contributed by atoms with E-state index in [0.29, 0.717) is 5.84 Å². The highest BCUT2D eigenvalue weighted by Crippen LogP contribution is 2.28. The summed E-state index contributed by atoms with van der Waals surface area (Å²) in [6.07, 6.45) is 3.10. The van der Waals surface area contributed by atoms with Crippen molar-refractivity contribution in [2.45, 2.75) is 12.5 Å². The molecule has 0 saturated heterocycles. The minimum atomic E-state index is -0.784. The summed E-state index contributed by atoms with van der Waals surface area (Å²) in [6.45, 7) is 0. The highest BCUT2D eigenvalue weighted by Gasteiger charge is 2.36. The zero-order chi connectivity index (χ0) is 23.8. The number of amides is 2. The van der Waals surface area contributed by atoms with E-state index < -0.39 is 6.04 Å². The first kappa shape index (κ1) is 20.7. The number of amidine groups is 1. The van der Waals surface area contributed by atoms with Gasteiger partial charge in [-0.1, -0.05) is 60.7 Å². The van der Waals surface area contributed by atoms with E-state index >= 15 is 0 Å². The number of benzene rings is 4. The summed E-state index contributed by atoms with van der Waals surface area (Å²) in [4.78, 5) is 31.4. The second kappa shape index (κ2) is 8.49. The van der Waals surface area contributed by atoms with Crippen LogP contribution in [0.2, 0.25) is 0 Å². The monoisotopic (exact) mass is 460 g/mol. The van der Waals surface area contributed by atoms with Gasteiger partial charge in [0, 0.05) is 11.1 Å². The average Bonchev–Trinajstić information content (AvgIpc) is 2.89. The summed E-state index contributed by atoms with van der Waals surface area (Å²) < 4.78 is 0. The lowest BCUT2D eigenvalue weighted by atomic mass is 9.97. The normalized spacial score (nSPS) is 16.7. The summed E-state index contributed by atoms with van der Waals surface area (Å²) in [6, 6.07) is 25.0. The number of nitrogens with one attached hydrogen (secondary N) is 2. The van der Waals surface area contributed by atoms with Crippen LogP contribution in [0.1, 0.15) is 17.5 Å². The van der Waals surface area contributed by atoms with Crippen LogP contribution in [0.25, 0.3) is 21.5 Å². The SMILES string of the molecule is O=C(CC1C(=O)NN=C2c3ccccc3N=CN21)N/N=C/c1c2ccccc2cc2ccccc12. The van der Waals surface area contributed by atoms with Gasteiger partial charge in [0.1, 0.15) is 6.04 Å². The molecule has 0 aliphatic carbocycles. The van der Waals surface area contributed by atoms with Crippen LogP contribution in [0, 0.1) is 0 Å². The number of rotatable bonds is 4. The second-order valence-electron chi connectivity index (χ2n) is 8.33. The van der Waals surface area contributed by atoms with Gasteiger partial charge in [-0.15, -0.1) is 0 Å². The number of aliphatic imine (C=N–C) groups is 1. The first-order chi connectivity index (χ1) is 17.2. The molecule has 2 aliphatic rings. The molecule has 2 aliphatic heterocycles. The van der Waals surface area contributed by atoms with Crippen LogP contribution >= 0.6 is 0 Å². The Bertz CT molecular complexity index is 1540. The fourth-order valence-electron chi connectivity index (χ4n) is 4.52. The van der Waals surface area contributed by atoms with Crippen LogP contribution < -0.4 is 10.9 Å². The molecular formula is C27H20N6O2. The Hall–Kier alpha value is -4.85. The molecule has 8 nitrogen and oxygen atoms in total. The fourth-order valence-corrected chi connectivity index (χ4v) is 4.52. The van der Waals surface area contributed by atoms with Gasteiger partial charge in [-0.3, -0.25) is 9.59 Å². The van der Waals surface area contributed by atoms with E-state index in [2.05, 4.69) is 44.2 Å². The van der Waals surface area contributed by atoms with Crippen LogP contribution in [0.4, 0.5) is 5.69 Å². The molecule has 2 amide bonds. The molecule has 0 saturated carbocycles. The lowest BCUT2D eigenvalue weighted by Gasteiger charge is -2.34. The molecular weight excluding hydrogens is 440 g/mol. The number of carbonyl (C=O) groups excluding carboxylic acids is 2. The van der Waals surface area contributed by atoms with E-state index in [-0.39, 0.29) is 18.2 Å². The summed E-state index contributed by atoms with van der Waals surface area (Å²) >= 11 is 0. The predicted octanol–water partition coefficient (Wildman–Crippen LogP) is 3.67. The van der Waals surface area contributed by atoms with Crippen molar-refractivity contribution >= 4 is 57.4 Å². The number of para-hydroxylation sites is 1. The van der Waals surface area contributed by atoms with Crippen molar-refractivity contribution in [3.8, 4) is 0 Å². The number of hydrazone groups is 2. The Labute approximate surface area is 200 Å². The maximum atomic E-state index is 12.8. The molecule has 8 heteroatoms. The van der Waals surface area contributed by atoms with Crippen LogP contribution in [0.3, 0.4) is 0 Å². The predicted molar refractivity (Wildman–Crippen MR) is 137 cm³/mol. The van der Waals surface area contributed by atoms with Gasteiger partial charge >= 0.3 is 0 Å². The van der Waals surface area contributed by atoms with Gasteiger partial charge in [-0.2, -0.15) is 10.2 Å². The standard InChI is InChI=1S/C27H20N6O2/c34-25(14-24-27(35)32-31-26-21-11-5-6-12-23(21)28-16-33(24)26)30-29-15-22-19-9-3-1-7-17(19)13-18-8-2-4-10-20(18)22/h1-13,15-16,24H,14H2,(H,30,34)(H,32,35)/b29-15+. The van der Waals surface area contributed by atoms with Gasteiger partial charge in [-0.25, -0.2) is 15.8 Å². The van der Waals surface area contributed by atoms with Crippen molar-refractivity contribution < 1.29 is 9.59 Å². The van der Waals surface area contributed by atoms with Crippen LogP contribution in [-0.2, 0) is 9.59 Å². The van der Waals surface area contributed by atoms with E-state index in [4.69, 9.17) is 0 Å². The van der Waals surface area contributed by atoms with E-state index in [1.54, 1.807) is 17.5 Å². The maximum absolute atomic E-state index is 12.8. The molecule has 0 aromatic heterocycles. The van der Waals surface area contributed by atoms with Crippen LogP contribution in [-0.4, -0.2) is 41.1 Å². The van der Waals surface area contributed by atoms with E-state index in [0.717, 1.165) is 38.4 Å². The topological polar surface area (TPSA) is 98.5 Å². The largest absolute Gasteiger partial charge is 0.302 e. The molecule has 2 N–H and O–H groups in total. The van der Waals surface area contributed by atoms with Gasteiger partial charge in [0.2, 0.25) is 5.91 Å². The number of nitrogens with zero attached hydrogens (tertiary/aromatic N) is 4. The second-order valence-corrected chi connectivity index (χ2v) is 8.33. The molecule has 4 aromatic carbocycles. The summed E-state index contributed by atoms with van der Waals surface area (Å²) in [7, 11) is 0. The van der Waals surface area contributed by atoms with Crippen molar-refractivity contribution in [2.75, 3.05) is 0 Å². The molecule has 0 radical (unpaired) electrons. The van der Waals surface area contributed by atoms with Gasteiger partial charge in [-0.05, 0) is 39.7 Å². The molecule has 0 fully saturated rings. The van der Waals surface area contributed by atoms with Crippen LogP contribution in [0.15, 0.2) is 94.1 Å². The highest BCUT2D eigenvalue weighted by molar-refractivity contribution is 6.15. The van der Waals surface area contributed by atoms with Crippen molar-refractivity contribution in [2.24, 2.45) is 15.2 Å². The minimum absolute atomic E-state index is 0.104. The van der Waals surface area contributed by atoms with Crippen molar-refractivity contribution in [3.05, 3.63) is 90.0 Å². The molecule has 170 valence electrons. The van der Waals surface area contributed by atoms with E-state index in [9.17, 15) is 9.59 Å². The third-order valence-electron chi connectivity index (χ3n) is 6.20. The zero-order valence-corrected chi connectivity index (χ0v) is 18.6. The van der Waals surface area contributed by atoms with Gasteiger partial charge < -0.3 is 4.90 Å². The highest BCUT2D eigenvalue weighted by atomic mass is 16.2. The number of hydrogen-bond acceptors (Lipinski definition) is 6. The first-order valence-electron chi connectivity index (χ1n) is 11.2. The molecule has 35 heavy (non-hydrogen) atoms. The van der Waals surface area contributed by atoms with Crippen molar-refractivity contribution in [1.29, 1.82) is 0 Å². The third kappa shape index (κ3) is 3.71. The lowest BCUT2D eigenvalue weighted by Crippen LogP contribution is -2.55. The molecule has 1 atom stereocenters. The first-order valence-corrected chi connectivity index (χ1v) is 11.2. The summed E-state index contributed by atoms with van der Waals surface area (Å²) in [5, 5.41) is 12.7. The molecule has 0 spiro atoms. The third-order valence-corrected chi connectivity index (χ3v) is 6.20. The van der Waals surface area contributed by atoms with Crippen molar-refractivity contribution in [3.63, 3.8) is 0 Å². The Morgan fingerprint density at radius 2 is 1.69 bits per heavy atom. The van der Waals surface area contributed by atoms with Gasteiger partial charge in [0.15, 0.2) is 5.84 Å². The molecule has 6 rings (SSSR count). The Morgan fingerprint density at radius 3 is 2.46 bits per heavy atom. The number of hydrogen-bond donors (Lipinski definition) is 2.